The molecule has 3 aromatic carbocycles. The van der Waals surface area contributed by atoms with Crippen LogP contribution in [0.1, 0.15) is 6.92 Å². The van der Waals surface area contributed by atoms with Crippen molar-refractivity contribution in [1.29, 1.82) is 0 Å². The molecule has 0 radical (unpaired) electrons. The third kappa shape index (κ3) is 4.51. The van der Waals surface area contributed by atoms with E-state index in [1.165, 1.54) is 24.3 Å². The number of benzene rings is 3. The zero-order chi connectivity index (χ0) is 18.4. The highest BCUT2D eigenvalue weighted by atomic mass is 19.1. The van der Waals surface area contributed by atoms with Crippen LogP contribution in [-0.2, 0) is 4.79 Å². The monoisotopic (exact) mass is 353 g/mol. The summed E-state index contributed by atoms with van der Waals surface area (Å²) in [7, 11) is 0. The lowest BCUT2D eigenvalue weighted by molar-refractivity contribution is -0.127. The molecule has 0 saturated heterocycles. The van der Waals surface area contributed by atoms with E-state index in [1.54, 1.807) is 6.92 Å². The molecular formula is C21H20FNO3. The molecule has 0 spiro atoms. The molecule has 1 N–H and O–H groups in total. The highest BCUT2D eigenvalue weighted by Gasteiger charge is 2.14. The number of hydrogen-bond donors (Lipinski definition) is 1. The second kappa shape index (κ2) is 8.34. The van der Waals surface area contributed by atoms with Crippen molar-refractivity contribution in [1.82, 2.24) is 5.32 Å². The average Bonchev–Trinajstić information content (AvgIpc) is 2.67. The number of halogens is 1. The van der Waals surface area contributed by atoms with Crippen LogP contribution in [0.5, 0.6) is 11.5 Å². The van der Waals surface area contributed by atoms with E-state index < -0.39 is 6.10 Å². The normalized spacial score (nSPS) is 11.8. The molecule has 4 nitrogen and oxygen atoms in total. The fourth-order valence-corrected chi connectivity index (χ4v) is 2.57. The lowest BCUT2D eigenvalue weighted by Crippen LogP contribution is -2.38. The first-order valence-electron chi connectivity index (χ1n) is 8.44. The summed E-state index contributed by atoms with van der Waals surface area (Å²) < 4.78 is 24.1. The number of ether oxygens (including phenoxy) is 2. The van der Waals surface area contributed by atoms with Crippen molar-refractivity contribution < 1.29 is 18.7 Å². The van der Waals surface area contributed by atoms with Crippen LogP contribution < -0.4 is 14.8 Å². The van der Waals surface area contributed by atoms with Gasteiger partial charge in [-0.1, -0.05) is 36.4 Å². The van der Waals surface area contributed by atoms with E-state index in [0.29, 0.717) is 18.9 Å². The number of amides is 1. The minimum Gasteiger partial charge on any atom is -0.491 e. The molecule has 0 heterocycles. The van der Waals surface area contributed by atoms with Crippen LogP contribution in [0.4, 0.5) is 4.39 Å². The zero-order valence-corrected chi connectivity index (χ0v) is 14.4. The van der Waals surface area contributed by atoms with Crippen molar-refractivity contribution in [3.63, 3.8) is 0 Å². The Bertz CT molecular complexity index is 875. The smallest absolute Gasteiger partial charge is 0.260 e. The van der Waals surface area contributed by atoms with Crippen molar-refractivity contribution in [3.05, 3.63) is 72.5 Å². The molecule has 0 bridgehead atoms. The van der Waals surface area contributed by atoms with Gasteiger partial charge in [0, 0.05) is 5.39 Å². The van der Waals surface area contributed by atoms with E-state index >= 15 is 0 Å². The predicted octanol–water partition coefficient (Wildman–Crippen LogP) is 3.94. The molecule has 3 aromatic rings. The lowest BCUT2D eigenvalue weighted by Gasteiger charge is -2.15. The molecule has 5 heteroatoms. The maximum atomic E-state index is 12.9. The van der Waals surface area contributed by atoms with Crippen molar-refractivity contribution >= 4 is 16.7 Å². The highest BCUT2D eigenvalue weighted by molar-refractivity contribution is 5.88. The molecule has 1 atom stereocenters. The Hall–Kier alpha value is -3.08. The van der Waals surface area contributed by atoms with Gasteiger partial charge in [0.2, 0.25) is 0 Å². The number of carbonyl (C=O) groups excluding carboxylic acids is 1. The van der Waals surface area contributed by atoms with Gasteiger partial charge in [-0.3, -0.25) is 4.79 Å². The van der Waals surface area contributed by atoms with Crippen molar-refractivity contribution in [2.45, 2.75) is 13.0 Å². The summed E-state index contributed by atoms with van der Waals surface area (Å²) in [6.45, 7) is 2.35. The average molecular weight is 353 g/mol. The lowest BCUT2D eigenvalue weighted by atomic mass is 10.1. The first-order valence-corrected chi connectivity index (χ1v) is 8.44. The molecule has 26 heavy (non-hydrogen) atoms. The van der Waals surface area contributed by atoms with E-state index in [1.807, 2.05) is 42.5 Å². The Morgan fingerprint density at radius 2 is 1.77 bits per heavy atom. The topological polar surface area (TPSA) is 47.6 Å². The molecule has 0 aliphatic rings. The van der Waals surface area contributed by atoms with E-state index in [9.17, 15) is 9.18 Å². The van der Waals surface area contributed by atoms with Crippen LogP contribution in [0, 0.1) is 5.82 Å². The van der Waals surface area contributed by atoms with Gasteiger partial charge in [-0.2, -0.15) is 0 Å². The van der Waals surface area contributed by atoms with Gasteiger partial charge < -0.3 is 14.8 Å². The molecule has 1 amide bonds. The molecular weight excluding hydrogens is 333 g/mol. The van der Waals surface area contributed by atoms with E-state index in [0.717, 1.165) is 16.5 Å². The minimum atomic E-state index is -0.682. The Morgan fingerprint density at radius 1 is 1.04 bits per heavy atom. The molecule has 0 aromatic heterocycles. The molecule has 0 saturated carbocycles. The standard InChI is InChI=1S/C21H20FNO3/c1-15(26-18-11-9-17(22)10-12-18)21(24)23-13-14-25-20-8-4-6-16-5-2-3-7-19(16)20/h2-12,15H,13-14H2,1H3,(H,23,24)/t15-/m0/s1. The van der Waals surface area contributed by atoms with Crippen molar-refractivity contribution in [2.75, 3.05) is 13.2 Å². The van der Waals surface area contributed by atoms with E-state index in [4.69, 9.17) is 9.47 Å². The van der Waals surface area contributed by atoms with Gasteiger partial charge in [0.05, 0.1) is 6.54 Å². The number of hydrogen-bond acceptors (Lipinski definition) is 3. The summed E-state index contributed by atoms with van der Waals surface area (Å²) in [5.74, 6) is 0.630. The van der Waals surface area contributed by atoms with Crippen molar-refractivity contribution in [3.8, 4) is 11.5 Å². The molecule has 0 aliphatic carbocycles. The summed E-state index contributed by atoms with van der Waals surface area (Å²) in [4.78, 5) is 12.1. The fraction of sp³-hybridized carbons (Fsp3) is 0.190. The Labute approximate surface area is 151 Å². The fourth-order valence-electron chi connectivity index (χ4n) is 2.57. The van der Waals surface area contributed by atoms with Gasteiger partial charge in [-0.25, -0.2) is 4.39 Å². The molecule has 0 aliphatic heterocycles. The number of rotatable bonds is 7. The number of carbonyl (C=O) groups is 1. The molecule has 134 valence electrons. The second-order valence-electron chi connectivity index (χ2n) is 5.83. The predicted molar refractivity (Wildman–Crippen MR) is 98.9 cm³/mol. The van der Waals surface area contributed by atoms with Gasteiger partial charge in [-0.05, 0) is 42.6 Å². The van der Waals surface area contributed by atoms with Gasteiger partial charge in [0.1, 0.15) is 23.9 Å². The number of nitrogens with one attached hydrogen (secondary N) is 1. The van der Waals surface area contributed by atoms with E-state index in [2.05, 4.69) is 5.32 Å². The van der Waals surface area contributed by atoms with Crippen LogP contribution >= 0.6 is 0 Å². The SMILES string of the molecule is C[C@H](Oc1ccc(F)cc1)C(=O)NCCOc1cccc2ccccc12. The summed E-state index contributed by atoms with van der Waals surface area (Å²) in [6, 6.07) is 19.4. The second-order valence-corrected chi connectivity index (χ2v) is 5.83. The van der Waals surface area contributed by atoms with E-state index in [-0.39, 0.29) is 11.7 Å². The summed E-state index contributed by atoms with van der Waals surface area (Å²) in [5.41, 5.74) is 0. The third-order valence-electron chi connectivity index (χ3n) is 3.90. The van der Waals surface area contributed by atoms with Crippen LogP contribution in [-0.4, -0.2) is 25.2 Å². The Kier molecular flexibility index (Phi) is 5.69. The summed E-state index contributed by atoms with van der Waals surface area (Å²) in [6.07, 6.45) is -0.682. The van der Waals surface area contributed by atoms with Gasteiger partial charge in [0.15, 0.2) is 6.10 Å². The summed E-state index contributed by atoms with van der Waals surface area (Å²) >= 11 is 0. The maximum Gasteiger partial charge on any atom is 0.260 e. The molecule has 3 rings (SSSR count). The third-order valence-corrected chi connectivity index (χ3v) is 3.90. The minimum absolute atomic E-state index is 0.254. The quantitative estimate of drug-likeness (QED) is 0.655. The number of fused-ring (bicyclic) bond motifs is 1. The first-order chi connectivity index (χ1) is 12.6. The Morgan fingerprint density at radius 3 is 2.58 bits per heavy atom. The maximum absolute atomic E-state index is 12.9. The molecule has 0 unspecified atom stereocenters. The van der Waals surface area contributed by atoms with Crippen LogP contribution in [0.3, 0.4) is 0 Å². The van der Waals surface area contributed by atoms with Crippen LogP contribution in [0.2, 0.25) is 0 Å². The Balaban J connectivity index is 1.46. The van der Waals surface area contributed by atoms with Crippen LogP contribution in [0.15, 0.2) is 66.7 Å². The van der Waals surface area contributed by atoms with Gasteiger partial charge in [-0.15, -0.1) is 0 Å². The van der Waals surface area contributed by atoms with Crippen LogP contribution in [0.25, 0.3) is 10.8 Å². The van der Waals surface area contributed by atoms with Gasteiger partial charge in [0.25, 0.3) is 5.91 Å². The van der Waals surface area contributed by atoms with Gasteiger partial charge >= 0.3 is 0 Å². The zero-order valence-electron chi connectivity index (χ0n) is 14.4. The molecule has 0 fully saturated rings. The summed E-state index contributed by atoms with van der Waals surface area (Å²) in [5, 5.41) is 4.91. The largest absolute Gasteiger partial charge is 0.491 e. The highest BCUT2D eigenvalue weighted by Crippen LogP contribution is 2.24. The van der Waals surface area contributed by atoms with Crippen molar-refractivity contribution in [2.24, 2.45) is 0 Å². The first kappa shape index (κ1) is 17.7.